The van der Waals surface area contributed by atoms with Crippen LogP contribution in [0.3, 0.4) is 0 Å². The molecular weight excluding hydrogens is 721 g/mol. The lowest BCUT2D eigenvalue weighted by Gasteiger charge is -2.26. The second-order valence-corrected chi connectivity index (χ2v) is 3.47. The van der Waals surface area contributed by atoms with Gasteiger partial charge in [-0.25, -0.2) is 0 Å². The summed E-state index contributed by atoms with van der Waals surface area (Å²) in [7, 11) is 2.16. The van der Waals surface area contributed by atoms with Gasteiger partial charge in [-0.15, -0.1) is 0 Å². The predicted molar refractivity (Wildman–Crippen MR) is 124 cm³/mol. The molecule has 0 spiro atoms. The van der Waals surface area contributed by atoms with Crippen molar-refractivity contribution < 1.29 is 120 Å². The van der Waals surface area contributed by atoms with E-state index in [2.05, 4.69) is 36.2 Å². The molecule has 1 aliphatic heterocycles. The number of hydrogen-bond acceptors (Lipinski definition) is 2. The van der Waals surface area contributed by atoms with E-state index in [1.807, 2.05) is 41.5 Å². The third-order valence-electron chi connectivity index (χ3n) is 2.34. The molecule has 0 saturated carbocycles. The van der Waals surface area contributed by atoms with Crippen LogP contribution in [0.25, 0.3) is 0 Å². The molecule has 0 unspecified atom stereocenters. The zero-order valence-electron chi connectivity index (χ0n) is 24.5. The number of fused-ring (bicyclic) bond motifs is 1. The van der Waals surface area contributed by atoms with Crippen LogP contribution in [0.4, 0.5) is 120 Å². The highest BCUT2D eigenvalue weighted by Gasteiger charge is 2.11. The fraction of sp³-hybridized carbons (Fsp3) is 0.667. The van der Waals surface area contributed by atoms with Gasteiger partial charge in [0.2, 0.25) is 0 Å². The first-order valence-corrected chi connectivity index (χ1v) is 9.91. The number of aryl methyl sites for hydroxylation is 1. The molecule has 0 radical (unpaired) electrons. The Morgan fingerprint density at radius 1 is 0.511 bits per heavy atom. The number of rotatable bonds is 0. The van der Waals surface area contributed by atoms with E-state index in [-0.39, 0.29) is 11.3 Å². The molecule has 1 heterocycles. The number of para-hydroxylation sites is 1. The molecule has 0 aliphatic carbocycles. The molecule has 0 fully saturated rings. The second-order valence-electron chi connectivity index (χ2n) is 3.47. The molecule has 1 aliphatic rings. The molecule has 2 rings (SSSR count). The van der Waals surface area contributed by atoms with Crippen LogP contribution < -0.4 is 4.90 Å². The molecule has 45 heavy (non-hydrogen) atoms. The van der Waals surface area contributed by atoms with E-state index in [4.69, 9.17) is 115 Å². The predicted octanol–water partition coefficient (Wildman–Crippen LogP) is 15.4. The van der Waals surface area contributed by atoms with Gasteiger partial charge in [0.05, 0.1) is 0 Å². The van der Waals surface area contributed by atoms with Crippen molar-refractivity contribution in [2.75, 3.05) is 25.1 Å². The van der Waals surface area contributed by atoms with Crippen LogP contribution in [0.5, 0.6) is 0 Å². The topological polar surface area (TPSA) is 23.5 Å². The van der Waals surface area contributed by atoms with E-state index in [1.54, 1.807) is 6.92 Å². The summed E-state index contributed by atoms with van der Waals surface area (Å²) in [6.07, 6.45) is 2.55. The van der Waals surface area contributed by atoms with E-state index in [1.165, 1.54) is 30.6 Å². The van der Waals surface area contributed by atoms with Crippen molar-refractivity contribution in [2.45, 2.75) is 61.3 Å². The second kappa shape index (κ2) is 330. The summed E-state index contributed by atoms with van der Waals surface area (Å²) in [5, 5.41) is 7.57. The lowest BCUT2D eigenvalue weighted by Crippen LogP contribution is -2.24. The van der Waals surface area contributed by atoms with Crippen molar-refractivity contribution in [1.82, 2.24) is 0 Å². The van der Waals surface area contributed by atoms with Gasteiger partial charge in [0.15, 0.2) is 0 Å². The van der Waals surface area contributed by atoms with Crippen molar-refractivity contribution in [1.29, 1.82) is 0 Å². The van der Waals surface area contributed by atoms with Gasteiger partial charge in [0.25, 0.3) is 0 Å². The lowest BCUT2D eigenvalue weighted by molar-refractivity contribution is 0.108. The molecule has 0 saturated heterocycles. The van der Waals surface area contributed by atoms with Crippen LogP contribution >= 0.6 is 0 Å². The summed E-state index contributed by atoms with van der Waals surface area (Å²) in [6.45, 7) is 15.1. The number of aliphatic hydroxyl groups excluding tert-OH is 1. The number of aliphatic hydroxyl groups is 1. The summed E-state index contributed by atoms with van der Waals surface area (Å²) in [5.41, 5.74) is 2.92. The summed E-state index contributed by atoms with van der Waals surface area (Å²) >= 11 is 0. The molecule has 1 N–H and O–H groups in total. The summed E-state index contributed by atoms with van der Waals surface area (Å²) in [6, 6.07) is 8.66. The molecule has 0 aromatic heterocycles. The average molecular weight is 759 g/mol. The fourth-order valence-corrected chi connectivity index (χ4v) is 1.72. The smallest absolute Gasteiger partial charge is 0.0402 e. The van der Waals surface area contributed by atoms with Gasteiger partial charge in [-0.05, 0) is 31.4 Å². The first kappa shape index (κ1) is 104. The minimum absolute atomic E-state index is 0. The molecule has 1 aromatic carbocycles. The number of benzene rings is 1. The molecule has 2 nitrogen and oxygen atoms in total. The Balaban J connectivity index is -0.0000000155. The Morgan fingerprint density at radius 2 is 0.711 bits per heavy atom. The highest BCUT2D eigenvalue weighted by molar-refractivity contribution is 5.54. The van der Waals surface area contributed by atoms with Crippen LogP contribution in [-0.2, 0) is 6.42 Å². The van der Waals surface area contributed by atoms with Gasteiger partial charge >= 0.3 is 0 Å². The number of anilines is 1. The highest BCUT2D eigenvalue weighted by atomic mass is 20.0. The quantitative estimate of drug-likeness (QED) is 0.266. The van der Waals surface area contributed by atoms with E-state index in [9.17, 15) is 0 Å². The first-order valence-electron chi connectivity index (χ1n) is 9.91. The third kappa shape index (κ3) is 191. The van der Waals surface area contributed by atoms with E-state index in [0.717, 1.165) is 0 Å². The zero-order chi connectivity index (χ0) is 40.4. The van der Waals surface area contributed by atoms with Crippen LogP contribution in [0.15, 0.2) is 24.3 Å². The van der Waals surface area contributed by atoms with E-state index in [0.29, 0.717) is 0 Å². The number of nitrogens with zero attached hydrogens (tertiary/aromatic N) is 1. The number of halogens is 25. The van der Waals surface area contributed by atoms with Gasteiger partial charge in [-0.3, -0.25) is 4.70 Å². The maximum absolute atomic E-state index is 8.00. The monoisotopic (exact) mass is 759 g/mol. The average Bonchev–Trinajstić information content (AvgIpc) is 3.21. The fourth-order valence-electron chi connectivity index (χ4n) is 1.72. The lowest BCUT2D eigenvalue weighted by atomic mass is 10.0. The van der Waals surface area contributed by atoms with Gasteiger partial charge in [0, 0.05) is 136 Å². The maximum Gasteiger partial charge on any atom is 0.0402 e. The summed E-state index contributed by atoms with van der Waals surface area (Å²) in [5.74, 6) is 0. The molecule has 0 atom stereocenters. The largest absolute Gasteiger partial charge is 0.397 e. The van der Waals surface area contributed by atoms with Crippen LogP contribution in [0, 0.1) is 0 Å². The zero-order valence-corrected chi connectivity index (χ0v) is 24.5. The Morgan fingerprint density at radius 3 is 0.911 bits per heavy atom. The summed E-state index contributed by atoms with van der Waals surface area (Å²) < 4.78 is 192. The highest BCUT2D eigenvalue weighted by Crippen LogP contribution is 2.24. The molecule has 27 heteroatoms. The van der Waals surface area contributed by atoms with Crippen LogP contribution in [0.2, 0.25) is 0 Å². The maximum atomic E-state index is 8.00. The molecule has 1 aromatic rings. The molecule has 0 amide bonds. The minimum atomic E-state index is 0. The van der Waals surface area contributed by atoms with Crippen LogP contribution in [-0.4, -0.2) is 25.3 Å². The third-order valence-corrected chi connectivity index (χ3v) is 2.34. The number of hydrogen-bond donors (Lipinski definition) is 1. The molecular formula is C18H38F25NO. The van der Waals surface area contributed by atoms with Crippen molar-refractivity contribution in [3.8, 4) is 0 Å². The SMILES string of the molecule is CC.CC.CC.CCO.CN1CCCc2ccccc21.F.FF.FF.FF.FF.FF.FF.FF.FF.FF.FF.FF.FF. The van der Waals surface area contributed by atoms with E-state index < -0.39 is 0 Å². The van der Waals surface area contributed by atoms with Gasteiger partial charge in [0.1, 0.15) is 0 Å². The van der Waals surface area contributed by atoms with Crippen molar-refractivity contribution in [3.63, 3.8) is 0 Å². The van der Waals surface area contributed by atoms with Crippen LogP contribution in [0.1, 0.15) is 60.5 Å². The Labute approximate surface area is 242 Å². The van der Waals surface area contributed by atoms with Gasteiger partial charge in [-0.2, -0.15) is 0 Å². The van der Waals surface area contributed by atoms with Crippen molar-refractivity contribution >= 4 is 5.69 Å². The van der Waals surface area contributed by atoms with Crippen molar-refractivity contribution in [3.05, 3.63) is 29.8 Å². The Hall–Kier alpha value is -2.77. The standard InChI is InChI=1S/C10H13N.C2H6O.3C2H6.12F2.FH/c1-11-8-4-6-9-5-2-3-7-10(9)11;1-2-3;15*1-2;/h2-3,5,7H,4,6,8H2,1H3;3H,2H2,1H3;3*1-2H3;;;;;;;;;;;;;1H. The van der Waals surface area contributed by atoms with Gasteiger partial charge in [-0.1, -0.05) is 59.7 Å². The Kier molecular flexibility index (Phi) is 764. The minimum Gasteiger partial charge on any atom is -0.397 e. The first-order chi connectivity index (χ1) is 21.8. The summed E-state index contributed by atoms with van der Waals surface area (Å²) in [4.78, 5) is 2.33. The van der Waals surface area contributed by atoms with Crippen molar-refractivity contribution in [2.24, 2.45) is 0 Å². The normalized spacial score (nSPS) is 6.38. The Bertz CT molecular complexity index is 318. The molecule has 0 bridgehead atoms. The van der Waals surface area contributed by atoms with Gasteiger partial charge < -0.3 is 10.0 Å². The molecule has 296 valence electrons. The van der Waals surface area contributed by atoms with E-state index >= 15 is 0 Å².